The average Bonchev–Trinajstić information content (AvgIpc) is 2.38. The zero-order chi connectivity index (χ0) is 13.8. The second kappa shape index (κ2) is 6.01. The summed E-state index contributed by atoms with van der Waals surface area (Å²) in [4.78, 5) is 15.5. The van der Waals surface area contributed by atoms with Crippen molar-refractivity contribution in [3.63, 3.8) is 0 Å². The molecule has 0 saturated carbocycles. The highest BCUT2D eigenvalue weighted by Gasteiger charge is 2.34. The first-order chi connectivity index (χ1) is 8.43. The van der Waals surface area contributed by atoms with Crippen LogP contribution in [0, 0.1) is 0 Å². The molecule has 1 aliphatic heterocycles. The number of hydrogen-bond acceptors (Lipinski definition) is 5. The molecule has 0 aromatic carbocycles. The van der Waals surface area contributed by atoms with Gasteiger partial charge in [0.15, 0.2) is 5.84 Å². The standard InChI is InChI=1S/C11H22N4O3/c1-11(2,10(12)13-17)15-6-4-14(5-7-15)9(16)8-18-3/h17H,4-8H2,1-3H3,(H2,12,13). The van der Waals surface area contributed by atoms with E-state index in [-0.39, 0.29) is 18.3 Å². The van der Waals surface area contributed by atoms with E-state index in [0.717, 1.165) is 0 Å². The fourth-order valence-corrected chi connectivity index (χ4v) is 2.01. The van der Waals surface area contributed by atoms with Crippen LogP contribution in [0.2, 0.25) is 0 Å². The SMILES string of the molecule is COCC(=O)N1CCN(C(C)(C)C(N)=NO)CC1. The van der Waals surface area contributed by atoms with E-state index < -0.39 is 5.54 Å². The Morgan fingerprint density at radius 2 is 1.94 bits per heavy atom. The monoisotopic (exact) mass is 258 g/mol. The number of carbonyl (C=O) groups excluding carboxylic acids is 1. The third-order valence-electron chi connectivity index (χ3n) is 3.43. The van der Waals surface area contributed by atoms with Crippen molar-refractivity contribution in [3.8, 4) is 0 Å². The van der Waals surface area contributed by atoms with Gasteiger partial charge in [-0.2, -0.15) is 0 Å². The van der Waals surface area contributed by atoms with Crippen LogP contribution >= 0.6 is 0 Å². The Balaban J connectivity index is 2.56. The lowest BCUT2D eigenvalue weighted by molar-refractivity contribution is -0.137. The second-order valence-corrected chi connectivity index (χ2v) is 4.85. The molecule has 0 radical (unpaired) electrons. The maximum Gasteiger partial charge on any atom is 0.248 e. The van der Waals surface area contributed by atoms with Crippen molar-refractivity contribution in [2.75, 3.05) is 39.9 Å². The van der Waals surface area contributed by atoms with Crippen LogP contribution in [0.4, 0.5) is 0 Å². The Morgan fingerprint density at radius 3 is 2.39 bits per heavy atom. The second-order valence-electron chi connectivity index (χ2n) is 4.85. The van der Waals surface area contributed by atoms with Crippen LogP contribution in [-0.2, 0) is 9.53 Å². The Kier molecular flexibility index (Phi) is 4.92. The van der Waals surface area contributed by atoms with Crippen LogP contribution in [-0.4, -0.2) is 72.2 Å². The van der Waals surface area contributed by atoms with Gasteiger partial charge in [-0.05, 0) is 13.8 Å². The van der Waals surface area contributed by atoms with Gasteiger partial charge < -0.3 is 20.6 Å². The van der Waals surface area contributed by atoms with Crippen LogP contribution in [0.3, 0.4) is 0 Å². The van der Waals surface area contributed by atoms with Gasteiger partial charge >= 0.3 is 0 Å². The molecule has 0 unspecified atom stereocenters. The van der Waals surface area contributed by atoms with Crippen molar-refractivity contribution in [2.45, 2.75) is 19.4 Å². The van der Waals surface area contributed by atoms with Gasteiger partial charge in [0.1, 0.15) is 6.61 Å². The van der Waals surface area contributed by atoms with Gasteiger partial charge in [-0.15, -0.1) is 0 Å². The van der Waals surface area contributed by atoms with Crippen molar-refractivity contribution in [3.05, 3.63) is 0 Å². The number of amidine groups is 1. The van der Waals surface area contributed by atoms with Crippen LogP contribution in [0.5, 0.6) is 0 Å². The molecule has 0 bridgehead atoms. The predicted octanol–water partition coefficient (Wildman–Crippen LogP) is -0.698. The fourth-order valence-electron chi connectivity index (χ4n) is 2.01. The molecule has 104 valence electrons. The Bertz CT molecular complexity index is 322. The van der Waals surface area contributed by atoms with E-state index in [0.29, 0.717) is 26.2 Å². The molecule has 1 saturated heterocycles. The lowest BCUT2D eigenvalue weighted by atomic mass is 10.0. The summed E-state index contributed by atoms with van der Waals surface area (Å²) in [6, 6.07) is 0. The molecule has 0 aromatic heterocycles. The van der Waals surface area contributed by atoms with E-state index in [1.165, 1.54) is 7.11 Å². The third-order valence-corrected chi connectivity index (χ3v) is 3.43. The van der Waals surface area contributed by atoms with Crippen LogP contribution in [0.15, 0.2) is 5.16 Å². The first kappa shape index (κ1) is 14.7. The van der Waals surface area contributed by atoms with E-state index in [1.807, 2.05) is 13.8 Å². The maximum atomic E-state index is 11.6. The van der Waals surface area contributed by atoms with Crippen molar-refractivity contribution in [1.29, 1.82) is 0 Å². The van der Waals surface area contributed by atoms with Crippen LogP contribution in [0.1, 0.15) is 13.8 Å². The number of carbonyl (C=O) groups is 1. The first-order valence-electron chi connectivity index (χ1n) is 5.93. The van der Waals surface area contributed by atoms with Gasteiger partial charge in [0.05, 0.1) is 5.54 Å². The minimum absolute atomic E-state index is 0.00115. The number of amides is 1. The Morgan fingerprint density at radius 1 is 1.39 bits per heavy atom. The molecule has 1 fully saturated rings. The topological polar surface area (TPSA) is 91.4 Å². The summed E-state index contributed by atoms with van der Waals surface area (Å²) in [7, 11) is 1.51. The van der Waals surface area contributed by atoms with Crippen molar-refractivity contribution < 1.29 is 14.7 Å². The molecule has 0 aliphatic carbocycles. The zero-order valence-electron chi connectivity index (χ0n) is 11.2. The van der Waals surface area contributed by atoms with Crippen molar-refractivity contribution in [2.24, 2.45) is 10.9 Å². The number of nitrogens with zero attached hydrogens (tertiary/aromatic N) is 3. The molecule has 0 atom stereocenters. The van der Waals surface area contributed by atoms with E-state index in [9.17, 15) is 4.79 Å². The largest absolute Gasteiger partial charge is 0.409 e. The molecular formula is C11H22N4O3. The summed E-state index contributed by atoms with van der Waals surface area (Å²) in [6.45, 7) is 6.55. The summed E-state index contributed by atoms with van der Waals surface area (Å²) in [5.74, 6) is 0.179. The molecule has 1 heterocycles. The number of methoxy groups -OCH3 is 1. The normalized spacial score (nSPS) is 19.1. The molecule has 0 aromatic rings. The lowest BCUT2D eigenvalue weighted by Crippen LogP contribution is -2.60. The molecule has 1 rings (SSSR count). The average molecular weight is 258 g/mol. The highest BCUT2D eigenvalue weighted by atomic mass is 16.5. The van der Waals surface area contributed by atoms with Crippen LogP contribution in [0.25, 0.3) is 0 Å². The van der Waals surface area contributed by atoms with E-state index in [1.54, 1.807) is 4.90 Å². The number of rotatable bonds is 4. The van der Waals surface area contributed by atoms with Crippen LogP contribution < -0.4 is 5.73 Å². The fraction of sp³-hybridized carbons (Fsp3) is 0.818. The van der Waals surface area contributed by atoms with E-state index in [4.69, 9.17) is 15.7 Å². The van der Waals surface area contributed by atoms with Gasteiger partial charge in [-0.1, -0.05) is 5.16 Å². The number of nitrogens with two attached hydrogens (primary N) is 1. The Hall–Kier alpha value is -1.34. The number of hydrogen-bond donors (Lipinski definition) is 2. The minimum Gasteiger partial charge on any atom is -0.409 e. The molecule has 7 heteroatoms. The summed E-state index contributed by atoms with van der Waals surface area (Å²) >= 11 is 0. The predicted molar refractivity (Wildman–Crippen MR) is 67.5 cm³/mol. The quantitative estimate of drug-likeness (QED) is 0.301. The highest BCUT2D eigenvalue weighted by Crippen LogP contribution is 2.17. The summed E-state index contributed by atoms with van der Waals surface area (Å²) in [6.07, 6.45) is 0. The summed E-state index contributed by atoms with van der Waals surface area (Å²) in [5, 5.41) is 11.8. The summed E-state index contributed by atoms with van der Waals surface area (Å²) < 4.78 is 4.83. The van der Waals surface area contributed by atoms with Gasteiger partial charge in [0.25, 0.3) is 0 Å². The van der Waals surface area contributed by atoms with E-state index >= 15 is 0 Å². The van der Waals surface area contributed by atoms with Crippen molar-refractivity contribution >= 4 is 11.7 Å². The smallest absolute Gasteiger partial charge is 0.248 e. The van der Waals surface area contributed by atoms with Crippen molar-refractivity contribution in [1.82, 2.24) is 9.80 Å². The molecular weight excluding hydrogens is 236 g/mol. The first-order valence-corrected chi connectivity index (χ1v) is 5.93. The number of oxime groups is 1. The molecule has 3 N–H and O–H groups in total. The number of piperazine rings is 1. The van der Waals surface area contributed by atoms with Gasteiger partial charge in [-0.3, -0.25) is 9.69 Å². The maximum absolute atomic E-state index is 11.6. The molecule has 7 nitrogen and oxygen atoms in total. The third kappa shape index (κ3) is 3.11. The summed E-state index contributed by atoms with van der Waals surface area (Å²) in [5.41, 5.74) is 5.17. The van der Waals surface area contributed by atoms with Gasteiger partial charge in [0.2, 0.25) is 5.91 Å². The molecule has 1 aliphatic rings. The zero-order valence-corrected chi connectivity index (χ0v) is 11.2. The lowest BCUT2D eigenvalue weighted by Gasteiger charge is -2.43. The molecule has 0 spiro atoms. The molecule has 18 heavy (non-hydrogen) atoms. The van der Waals surface area contributed by atoms with Gasteiger partial charge in [-0.25, -0.2) is 0 Å². The highest BCUT2D eigenvalue weighted by molar-refractivity contribution is 5.88. The number of ether oxygens (including phenoxy) is 1. The van der Waals surface area contributed by atoms with E-state index in [2.05, 4.69) is 10.1 Å². The Labute approximate surface area is 107 Å². The van der Waals surface area contributed by atoms with Gasteiger partial charge in [0, 0.05) is 33.3 Å². The molecule has 1 amide bonds. The minimum atomic E-state index is -0.509.